The maximum Gasteiger partial charge on any atom is 0.152 e. The van der Waals surface area contributed by atoms with Crippen LogP contribution in [0.5, 0.6) is 0 Å². The van der Waals surface area contributed by atoms with E-state index in [1.165, 1.54) is 12.1 Å². The van der Waals surface area contributed by atoms with E-state index in [0.717, 1.165) is 11.4 Å². The molecule has 0 fully saturated rings. The Balaban J connectivity index is 2.31. The molecule has 0 aliphatic heterocycles. The van der Waals surface area contributed by atoms with E-state index in [-0.39, 0.29) is 5.02 Å². The fraction of sp³-hybridized carbons (Fsp3) is 0.167. The van der Waals surface area contributed by atoms with Crippen LogP contribution in [0, 0.1) is 19.7 Å². The predicted octanol–water partition coefficient (Wildman–Crippen LogP) is 3.63. The molecule has 1 N–H and O–H groups in total. The van der Waals surface area contributed by atoms with E-state index in [4.69, 9.17) is 11.6 Å². The smallest absolute Gasteiger partial charge is 0.152 e. The summed E-state index contributed by atoms with van der Waals surface area (Å²) in [6, 6.07) is 4.42. The molecule has 0 aliphatic carbocycles. The zero-order valence-electron chi connectivity index (χ0n) is 9.46. The molecule has 88 valence electrons. The summed E-state index contributed by atoms with van der Waals surface area (Å²) in [4.78, 5) is 8.49. The summed E-state index contributed by atoms with van der Waals surface area (Å²) in [5.74, 6) is 0.205. The lowest BCUT2D eigenvalue weighted by molar-refractivity contribution is 0.628. The van der Waals surface area contributed by atoms with Gasteiger partial charge in [0.25, 0.3) is 0 Å². The lowest BCUT2D eigenvalue weighted by atomic mass is 10.3. The van der Waals surface area contributed by atoms with Crippen molar-refractivity contribution in [1.29, 1.82) is 0 Å². The molecule has 0 saturated heterocycles. The Kier molecular flexibility index (Phi) is 3.24. The topological polar surface area (TPSA) is 37.8 Å². The van der Waals surface area contributed by atoms with Gasteiger partial charge in [0.1, 0.15) is 5.82 Å². The number of rotatable bonds is 2. The first-order chi connectivity index (χ1) is 8.06. The lowest BCUT2D eigenvalue weighted by Gasteiger charge is -2.09. The summed E-state index contributed by atoms with van der Waals surface area (Å²) in [7, 11) is 0. The monoisotopic (exact) mass is 251 g/mol. The number of nitrogens with zero attached hydrogens (tertiary/aromatic N) is 2. The first kappa shape index (κ1) is 11.8. The molecule has 0 radical (unpaired) electrons. The highest BCUT2D eigenvalue weighted by molar-refractivity contribution is 6.31. The summed E-state index contributed by atoms with van der Waals surface area (Å²) >= 11 is 5.70. The third-order valence-electron chi connectivity index (χ3n) is 2.26. The predicted molar refractivity (Wildman–Crippen MR) is 66.2 cm³/mol. The Morgan fingerprint density at radius 2 is 2.06 bits per heavy atom. The van der Waals surface area contributed by atoms with Crippen molar-refractivity contribution in [2.45, 2.75) is 13.8 Å². The number of hydrogen-bond donors (Lipinski definition) is 1. The molecule has 0 spiro atoms. The zero-order valence-corrected chi connectivity index (χ0v) is 10.2. The third-order valence-corrected chi connectivity index (χ3v) is 2.55. The quantitative estimate of drug-likeness (QED) is 0.886. The number of anilines is 2. The largest absolute Gasteiger partial charge is 0.339 e. The van der Waals surface area contributed by atoms with Gasteiger partial charge in [-0.05, 0) is 32.0 Å². The number of aromatic nitrogens is 2. The summed E-state index contributed by atoms with van der Waals surface area (Å²) in [6.07, 6.45) is 1.69. The average Bonchev–Trinajstić information content (AvgIpc) is 2.29. The van der Waals surface area contributed by atoms with Crippen LogP contribution >= 0.6 is 11.6 Å². The molecule has 5 heteroatoms. The van der Waals surface area contributed by atoms with Crippen LogP contribution in [0.2, 0.25) is 5.02 Å². The van der Waals surface area contributed by atoms with Crippen LogP contribution in [0.25, 0.3) is 0 Å². The summed E-state index contributed by atoms with van der Waals surface area (Å²) in [6.45, 7) is 3.70. The number of hydrogen-bond acceptors (Lipinski definition) is 3. The van der Waals surface area contributed by atoms with Gasteiger partial charge >= 0.3 is 0 Å². The Morgan fingerprint density at radius 3 is 2.76 bits per heavy atom. The Hall–Kier alpha value is -1.68. The zero-order chi connectivity index (χ0) is 12.4. The van der Waals surface area contributed by atoms with E-state index < -0.39 is 5.82 Å². The maximum absolute atomic E-state index is 13.0. The summed E-state index contributed by atoms with van der Waals surface area (Å²) < 4.78 is 13.0. The lowest BCUT2D eigenvalue weighted by Crippen LogP contribution is -2.00. The van der Waals surface area contributed by atoms with Gasteiger partial charge in [0.15, 0.2) is 5.82 Å². The third kappa shape index (κ3) is 2.71. The minimum absolute atomic E-state index is 0.0771. The van der Waals surface area contributed by atoms with Crippen molar-refractivity contribution in [1.82, 2.24) is 9.97 Å². The molecular formula is C12H11ClFN3. The van der Waals surface area contributed by atoms with Crippen LogP contribution in [-0.2, 0) is 0 Å². The molecular weight excluding hydrogens is 241 g/mol. The van der Waals surface area contributed by atoms with Crippen molar-refractivity contribution in [2.24, 2.45) is 0 Å². The van der Waals surface area contributed by atoms with E-state index >= 15 is 0 Å². The molecule has 3 nitrogen and oxygen atoms in total. The molecule has 17 heavy (non-hydrogen) atoms. The molecule has 1 heterocycles. The van der Waals surface area contributed by atoms with Crippen LogP contribution in [0.4, 0.5) is 15.9 Å². The van der Waals surface area contributed by atoms with Crippen LogP contribution < -0.4 is 5.32 Å². The van der Waals surface area contributed by atoms with Gasteiger partial charge < -0.3 is 5.32 Å². The van der Waals surface area contributed by atoms with Gasteiger partial charge in [-0.1, -0.05) is 11.6 Å². The maximum atomic E-state index is 13.0. The number of benzene rings is 1. The minimum atomic E-state index is -0.440. The van der Waals surface area contributed by atoms with Crippen LogP contribution in [-0.4, -0.2) is 9.97 Å². The second-order valence-corrected chi connectivity index (χ2v) is 4.11. The highest BCUT2D eigenvalue weighted by Crippen LogP contribution is 2.22. The van der Waals surface area contributed by atoms with Crippen LogP contribution in [0.1, 0.15) is 11.4 Å². The van der Waals surface area contributed by atoms with Gasteiger partial charge in [0.05, 0.1) is 16.4 Å². The SMILES string of the molecule is Cc1cnc(C)c(Nc2ccc(F)c(Cl)c2)n1. The number of aryl methyl sites for hydroxylation is 2. The Bertz CT molecular complexity index is 557. The molecule has 0 saturated carbocycles. The van der Waals surface area contributed by atoms with Crippen molar-refractivity contribution in [3.8, 4) is 0 Å². The molecule has 1 aromatic heterocycles. The van der Waals surface area contributed by atoms with Crippen molar-refractivity contribution in [3.63, 3.8) is 0 Å². The first-order valence-corrected chi connectivity index (χ1v) is 5.46. The van der Waals surface area contributed by atoms with E-state index in [9.17, 15) is 4.39 Å². The molecule has 2 rings (SSSR count). The van der Waals surface area contributed by atoms with Crippen LogP contribution in [0.3, 0.4) is 0 Å². The van der Waals surface area contributed by atoms with Gasteiger partial charge in [-0.15, -0.1) is 0 Å². The molecule has 0 aliphatic rings. The summed E-state index contributed by atoms with van der Waals surface area (Å²) in [5, 5.41) is 3.13. The highest BCUT2D eigenvalue weighted by Gasteiger charge is 2.05. The van der Waals surface area contributed by atoms with Gasteiger partial charge in [0, 0.05) is 11.9 Å². The van der Waals surface area contributed by atoms with Crippen molar-refractivity contribution < 1.29 is 4.39 Å². The summed E-state index contributed by atoms with van der Waals surface area (Å²) in [5.41, 5.74) is 2.27. The van der Waals surface area contributed by atoms with Gasteiger partial charge in [-0.3, -0.25) is 4.98 Å². The van der Waals surface area contributed by atoms with Crippen molar-refractivity contribution >= 4 is 23.1 Å². The first-order valence-electron chi connectivity index (χ1n) is 5.08. The fourth-order valence-electron chi connectivity index (χ4n) is 1.37. The van der Waals surface area contributed by atoms with Gasteiger partial charge in [0.2, 0.25) is 0 Å². The minimum Gasteiger partial charge on any atom is -0.339 e. The Labute approximate surface area is 104 Å². The highest BCUT2D eigenvalue weighted by atomic mass is 35.5. The van der Waals surface area contributed by atoms with Crippen LogP contribution in [0.15, 0.2) is 24.4 Å². The molecule has 0 amide bonds. The van der Waals surface area contributed by atoms with Crippen molar-refractivity contribution in [3.05, 3.63) is 46.6 Å². The van der Waals surface area contributed by atoms with Gasteiger partial charge in [-0.25, -0.2) is 9.37 Å². The normalized spacial score (nSPS) is 10.4. The standard InChI is InChI=1S/C12H11ClFN3/c1-7-6-15-8(2)12(16-7)17-9-3-4-11(14)10(13)5-9/h3-6H,1-2H3,(H,16,17). The fourth-order valence-corrected chi connectivity index (χ4v) is 1.55. The molecule has 0 bridgehead atoms. The van der Waals surface area contributed by atoms with Gasteiger partial charge in [-0.2, -0.15) is 0 Å². The molecule has 0 atom stereocenters. The molecule has 2 aromatic rings. The molecule has 1 aromatic carbocycles. The van der Waals surface area contributed by atoms with E-state index in [1.807, 2.05) is 13.8 Å². The average molecular weight is 252 g/mol. The Morgan fingerprint density at radius 1 is 1.29 bits per heavy atom. The number of halogens is 2. The second-order valence-electron chi connectivity index (χ2n) is 3.70. The van der Waals surface area contributed by atoms with E-state index in [0.29, 0.717) is 11.5 Å². The van der Waals surface area contributed by atoms with E-state index in [2.05, 4.69) is 15.3 Å². The molecule has 0 unspecified atom stereocenters. The van der Waals surface area contributed by atoms with E-state index in [1.54, 1.807) is 12.3 Å². The van der Waals surface area contributed by atoms with Crippen molar-refractivity contribution in [2.75, 3.05) is 5.32 Å². The second kappa shape index (κ2) is 4.67. The number of nitrogens with one attached hydrogen (secondary N) is 1.